The van der Waals surface area contributed by atoms with Gasteiger partial charge in [-0.15, -0.1) is 0 Å². The summed E-state index contributed by atoms with van der Waals surface area (Å²) in [6.07, 6.45) is 0.156. The molecule has 6 heteroatoms. The highest BCUT2D eigenvalue weighted by molar-refractivity contribution is 6.32. The summed E-state index contributed by atoms with van der Waals surface area (Å²) in [6, 6.07) is 25.9. The number of halogens is 1. The van der Waals surface area contributed by atoms with Crippen LogP contribution in [0.4, 0.5) is 5.69 Å². The molecule has 0 saturated carbocycles. The first-order chi connectivity index (χ1) is 17.0. The van der Waals surface area contributed by atoms with Crippen LogP contribution in [-0.4, -0.2) is 18.3 Å². The summed E-state index contributed by atoms with van der Waals surface area (Å²) in [4.78, 5) is 26.6. The van der Waals surface area contributed by atoms with Crippen LogP contribution in [0.1, 0.15) is 28.6 Å². The summed E-state index contributed by atoms with van der Waals surface area (Å²) in [5.41, 5.74) is 2.09. The lowest BCUT2D eigenvalue weighted by molar-refractivity contribution is -0.115. The first-order valence-corrected chi connectivity index (χ1v) is 11.7. The molecular formula is C29H22ClNO4. The van der Waals surface area contributed by atoms with E-state index in [9.17, 15) is 9.59 Å². The molecule has 0 spiro atoms. The second-order valence-corrected chi connectivity index (χ2v) is 8.48. The topological polar surface area (TPSA) is 68.5 Å². The minimum absolute atomic E-state index is 0.0534. The second kappa shape index (κ2) is 9.65. The molecule has 0 aliphatic carbocycles. The minimum Gasteiger partial charge on any atom is -0.492 e. The van der Waals surface area contributed by atoms with Gasteiger partial charge in [0.15, 0.2) is 5.76 Å². The number of fused-ring (bicyclic) bond motifs is 2. The van der Waals surface area contributed by atoms with E-state index in [-0.39, 0.29) is 23.9 Å². The summed E-state index contributed by atoms with van der Waals surface area (Å²) < 4.78 is 11.4. The van der Waals surface area contributed by atoms with Crippen molar-refractivity contribution in [3.05, 3.63) is 107 Å². The zero-order chi connectivity index (χ0) is 24.4. The zero-order valence-electron chi connectivity index (χ0n) is 19.0. The molecule has 174 valence electrons. The van der Waals surface area contributed by atoms with Crippen LogP contribution in [0, 0.1) is 0 Å². The van der Waals surface area contributed by atoms with Gasteiger partial charge >= 0.3 is 0 Å². The third kappa shape index (κ3) is 4.51. The van der Waals surface area contributed by atoms with Crippen molar-refractivity contribution < 1.29 is 18.7 Å². The molecular weight excluding hydrogens is 462 g/mol. The third-order valence-electron chi connectivity index (χ3n) is 5.79. The van der Waals surface area contributed by atoms with E-state index in [0.717, 1.165) is 16.3 Å². The second-order valence-electron chi connectivity index (χ2n) is 8.07. The highest BCUT2D eigenvalue weighted by atomic mass is 35.5. The van der Waals surface area contributed by atoms with Crippen molar-refractivity contribution in [3.8, 4) is 5.75 Å². The van der Waals surface area contributed by atoms with Gasteiger partial charge in [-0.25, -0.2) is 0 Å². The first kappa shape index (κ1) is 22.7. The monoisotopic (exact) mass is 483 g/mol. The van der Waals surface area contributed by atoms with Crippen molar-refractivity contribution in [1.29, 1.82) is 0 Å². The van der Waals surface area contributed by atoms with Crippen molar-refractivity contribution in [1.82, 2.24) is 0 Å². The normalized spacial score (nSPS) is 11.0. The van der Waals surface area contributed by atoms with Crippen LogP contribution in [0.3, 0.4) is 0 Å². The number of amides is 1. The Labute approximate surface area is 207 Å². The molecule has 0 bridgehead atoms. The molecule has 1 heterocycles. The van der Waals surface area contributed by atoms with Crippen LogP contribution in [-0.2, 0) is 11.2 Å². The van der Waals surface area contributed by atoms with Crippen LogP contribution in [0.25, 0.3) is 21.7 Å². The van der Waals surface area contributed by atoms with E-state index >= 15 is 0 Å². The fourth-order valence-corrected chi connectivity index (χ4v) is 4.41. The lowest BCUT2D eigenvalue weighted by Crippen LogP contribution is -2.16. The summed E-state index contributed by atoms with van der Waals surface area (Å²) in [5.74, 6) is -0.0741. The highest BCUT2D eigenvalue weighted by Gasteiger charge is 2.24. The number of furan rings is 1. The summed E-state index contributed by atoms with van der Waals surface area (Å²) in [5, 5.41) is 5.99. The van der Waals surface area contributed by atoms with E-state index in [1.165, 1.54) is 0 Å². The van der Waals surface area contributed by atoms with Gasteiger partial charge in [0, 0.05) is 10.9 Å². The van der Waals surface area contributed by atoms with Gasteiger partial charge in [0.2, 0.25) is 11.7 Å². The summed E-state index contributed by atoms with van der Waals surface area (Å²) in [7, 11) is 0. The van der Waals surface area contributed by atoms with Gasteiger partial charge < -0.3 is 14.5 Å². The largest absolute Gasteiger partial charge is 0.492 e. The lowest BCUT2D eigenvalue weighted by atomic mass is 10.0. The predicted octanol–water partition coefficient (Wildman–Crippen LogP) is 7.05. The molecule has 0 radical (unpaired) electrons. The van der Waals surface area contributed by atoms with Gasteiger partial charge in [-0.3, -0.25) is 9.59 Å². The summed E-state index contributed by atoms with van der Waals surface area (Å²) in [6.45, 7) is 2.32. The van der Waals surface area contributed by atoms with Crippen molar-refractivity contribution in [2.45, 2.75) is 13.3 Å². The Kier molecular flexibility index (Phi) is 6.25. The Morgan fingerprint density at radius 1 is 0.914 bits per heavy atom. The van der Waals surface area contributed by atoms with E-state index < -0.39 is 0 Å². The van der Waals surface area contributed by atoms with Crippen molar-refractivity contribution in [3.63, 3.8) is 0 Å². The maximum absolute atomic E-state index is 13.4. The quantitative estimate of drug-likeness (QED) is 0.252. The fourth-order valence-electron chi connectivity index (χ4n) is 4.18. The van der Waals surface area contributed by atoms with E-state index in [1.54, 1.807) is 24.3 Å². The molecule has 35 heavy (non-hydrogen) atoms. The molecule has 4 aromatic carbocycles. The number of hydrogen-bond acceptors (Lipinski definition) is 4. The molecule has 5 aromatic rings. The molecule has 0 saturated heterocycles. The number of para-hydroxylation sites is 1. The summed E-state index contributed by atoms with van der Waals surface area (Å²) >= 11 is 6.30. The molecule has 1 N–H and O–H groups in total. The lowest BCUT2D eigenvalue weighted by Gasteiger charge is -2.09. The SMILES string of the molecule is CCOc1ccc(C(=O)c2oc3ccccc3c2NC(=O)Cc2cccc3ccccc23)cc1Cl. The number of benzene rings is 4. The number of nitrogens with one attached hydrogen (secondary N) is 1. The number of carbonyl (C=O) groups excluding carboxylic acids is 2. The van der Waals surface area contributed by atoms with Gasteiger partial charge in [-0.1, -0.05) is 66.2 Å². The molecule has 5 rings (SSSR count). The average molecular weight is 484 g/mol. The number of carbonyl (C=O) groups is 2. The van der Waals surface area contributed by atoms with Crippen molar-refractivity contribution in [2.24, 2.45) is 0 Å². The molecule has 0 unspecified atom stereocenters. The van der Waals surface area contributed by atoms with Crippen LogP contribution >= 0.6 is 11.6 Å². The minimum atomic E-state index is -0.383. The van der Waals surface area contributed by atoms with Crippen LogP contribution < -0.4 is 10.1 Å². The third-order valence-corrected chi connectivity index (χ3v) is 6.09. The zero-order valence-corrected chi connectivity index (χ0v) is 19.8. The maximum atomic E-state index is 13.4. The Bertz CT molecular complexity index is 1560. The standard InChI is InChI=1S/C29H22ClNO4/c1-2-34-25-15-14-20(16-23(25)30)28(33)29-27(22-12-5-6-13-24(22)35-29)31-26(32)17-19-10-7-9-18-8-3-4-11-21(18)19/h3-16H,2,17H2,1H3,(H,31,32). The highest BCUT2D eigenvalue weighted by Crippen LogP contribution is 2.34. The Balaban J connectivity index is 1.49. The van der Waals surface area contributed by atoms with Gasteiger partial charge in [0.25, 0.3) is 0 Å². The van der Waals surface area contributed by atoms with Gasteiger partial charge in [-0.2, -0.15) is 0 Å². The molecule has 1 aromatic heterocycles. The average Bonchev–Trinajstić information content (AvgIpc) is 3.23. The fraction of sp³-hybridized carbons (Fsp3) is 0.103. The number of rotatable bonds is 7. The molecule has 0 atom stereocenters. The maximum Gasteiger partial charge on any atom is 0.230 e. The molecule has 5 nitrogen and oxygen atoms in total. The van der Waals surface area contributed by atoms with Crippen molar-refractivity contribution >= 4 is 50.7 Å². The van der Waals surface area contributed by atoms with Gasteiger partial charge in [0.1, 0.15) is 11.3 Å². The van der Waals surface area contributed by atoms with E-state index in [4.69, 9.17) is 20.8 Å². The van der Waals surface area contributed by atoms with Gasteiger partial charge in [0.05, 0.1) is 23.7 Å². The number of anilines is 1. The van der Waals surface area contributed by atoms with Gasteiger partial charge in [-0.05, 0) is 53.6 Å². The Morgan fingerprint density at radius 3 is 2.46 bits per heavy atom. The number of ether oxygens (including phenoxy) is 1. The molecule has 0 aliphatic rings. The van der Waals surface area contributed by atoms with E-state index in [1.807, 2.05) is 67.6 Å². The Hall–Kier alpha value is -4.09. The number of ketones is 1. The first-order valence-electron chi connectivity index (χ1n) is 11.3. The number of hydrogen-bond donors (Lipinski definition) is 1. The molecule has 0 fully saturated rings. The predicted molar refractivity (Wildman–Crippen MR) is 139 cm³/mol. The van der Waals surface area contributed by atoms with E-state index in [0.29, 0.717) is 39.6 Å². The smallest absolute Gasteiger partial charge is 0.230 e. The van der Waals surface area contributed by atoms with E-state index in [2.05, 4.69) is 5.32 Å². The molecule has 0 aliphatic heterocycles. The van der Waals surface area contributed by atoms with Crippen LogP contribution in [0.15, 0.2) is 89.3 Å². The van der Waals surface area contributed by atoms with Crippen molar-refractivity contribution in [2.75, 3.05) is 11.9 Å². The van der Waals surface area contributed by atoms with Crippen LogP contribution in [0.5, 0.6) is 5.75 Å². The van der Waals surface area contributed by atoms with Crippen LogP contribution in [0.2, 0.25) is 5.02 Å². The Morgan fingerprint density at radius 2 is 1.66 bits per heavy atom. The molecule has 1 amide bonds.